The number of hydrogen-bond donors (Lipinski definition) is 0. The molecular weight excluding hydrogens is 358 g/mol. The first kappa shape index (κ1) is 17.8. The third-order valence-corrected chi connectivity index (χ3v) is 5.67. The van der Waals surface area contributed by atoms with E-state index in [4.69, 9.17) is 9.72 Å². The molecule has 1 aromatic carbocycles. The standard InChI is InChI=1S/C21H21N3O2S/c25-14-20(26-16-8-2-1-3-9-16)24-13-7-5-11-19(24)21-23-18(15-27-21)17-10-4-6-12-22-17/h1-4,6,8-10,12,14-15,19-20H,5,7,11,13H2/t19-,20?/m1/s1. The molecule has 6 heteroatoms. The average Bonchev–Trinajstić information content (AvgIpc) is 3.24. The number of benzene rings is 1. The van der Waals surface area contributed by atoms with Gasteiger partial charge in [-0.1, -0.05) is 30.7 Å². The summed E-state index contributed by atoms with van der Waals surface area (Å²) in [5.41, 5.74) is 1.75. The molecule has 1 unspecified atom stereocenters. The van der Waals surface area contributed by atoms with Crippen molar-refractivity contribution < 1.29 is 9.53 Å². The van der Waals surface area contributed by atoms with Crippen molar-refractivity contribution in [2.75, 3.05) is 6.54 Å². The van der Waals surface area contributed by atoms with Crippen molar-refractivity contribution >= 4 is 17.6 Å². The van der Waals surface area contributed by atoms with Crippen molar-refractivity contribution in [3.63, 3.8) is 0 Å². The Morgan fingerprint density at radius 1 is 1.11 bits per heavy atom. The molecule has 1 aliphatic rings. The molecule has 0 saturated carbocycles. The van der Waals surface area contributed by atoms with Gasteiger partial charge < -0.3 is 4.74 Å². The fourth-order valence-corrected chi connectivity index (χ4v) is 4.38. The van der Waals surface area contributed by atoms with Crippen molar-refractivity contribution in [1.29, 1.82) is 0 Å². The number of hydrogen-bond acceptors (Lipinski definition) is 6. The maximum Gasteiger partial charge on any atom is 0.209 e. The van der Waals surface area contributed by atoms with Gasteiger partial charge in [0.25, 0.3) is 0 Å². The molecule has 0 N–H and O–H groups in total. The highest BCUT2D eigenvalue weighted by atomic mass is 32.1. The Morgan fingerprint density at radius 3 is 2.74 bits per heavy atom. The summed E-state index contributed by atoms with van der Waals surface area (Å²) in [4.78, 5) is 23.2. The second-order valence-corrected chi connectivity index (χ2v) is 7.38. The summed E-state index contributed by atoms with van der Waals surface area (Å²) < 4.78 is 5.97. The number of para-hydroxylation sites is 1. The number of nitrogens with zero attached hydrogens (tertiary/aromatic N) is 3. The minimum Gasteiger partial charge on any atom is -0.468 e. The van der Waals surface area contributed by atoms with Crippen LogP contribution in [0.25, 0.3) is 11.4 Å². The SMILES string of the molecule is O=CC(Oc1ccccc1)N1CCCC[C@@H]1c1nc(-c2ccccn2)cs1. The van der Waals surface area contributed by atoms with Crippen LogP contribution >= 0.6 is 11.3 Å². The molecular formula is C21H21N3O2S. The third-order valence-electron chi connectivity index (χ3n) is 4.72. The number of carbonyl (C=O) groups is 1. The Hall–Kier alpha value is -2.57. The molecule has 2 aromatic heterocycles. The van der Waals surface area contributed by atoms with Crippen LogP contribution in [0.2, 0.25) is 0 Å². The summed E-state index contributed by atoms with van der Waals surface area (Å²) in [6.45, 7) is 0.819. The second kappa shape index (κ2) is 8.41. The molecule has 1 saturated heterocycles. The van der Waals surface area contributed by atoms with Crippen molar-refractivity contribution in [2.45, 2.75) is 31.5 Å². The molecule has 1 aliphatic heterocycles. The first-order chi connectivity index (χ1) is 13.3. The lowest BCUT2D eigenvalue weighted by Gasteiger charge is -2.37. The van der Waals surface area contributed by atoms with E-state index in [2.05, 4.69) is 9.88 Å². The van der Waals surface area contributed by atoms with E-state index < -0.39 is 6.23 Å². The van der Waals surface area contributed by atoms with Gasteiger partial charge in [0.15, 0.2) is 6.29 Å². The summed E-state index contributed by atoms with van der Waals surface area (Å²) in [5.74, 6) is 0.701. The number of pyridine rings is 1. The largest absolute Gasteiger partial charge is 0.468 e. The molecule has 1 fully saturated rings. The number of ether oxygens (including phenoxy) is 1. The summed E-state index contributed by atoms with van der Waals surface area (Å²) in [7, 11) is 0. The number of piperidine rings is 1. The van der Waals surface area contributed by atoms with Gasteiger partial charge in [-0.3, -0.25) is 14.7 Å². The third kappa shape index (κ3) is 4.07. The van der Waals surface area contributed by atoms with Crippen LogP contribution in [0.1, 0.15) is 30.3 Å². The molecule has 0 amide bonds. The molecule has 2 atom stereocenters. The maximum atomic E-state index is 11.8. The smallest absolute Gasteiger partial charge is 0.209 e. The quantitative estimate of drug-likeness (QED) is 0.597. The van der Waals surface area contributed by atoms with E-state index in [9.17, 15) is 4.79 Å². The molecule has 5 nitrogen and oxygen atoms in total. The zero-order valence-electron chi connectivity index (χ0n) is 14.9. The van der Waals surface area contributed by atoms with E-state index >= 15 is 0 Å². The number of aldehydes is 1. The molecule has 0 bridgehead atoms. The summed E-state index contributed by atoms with van der Waals surface area (Å²) in [5, 5.41) is 3.05. The molecule has 4 rings (SSSR count). The number of rotatable bonds is 6. The van der Waals surface area contributed by atoms with E-state index in [0.29, 0.717) is 5.75 Å². The molecule has 138 valence electrons. The van der Waals surface area contributed by atoms with Crippen molar-refractivity contribution in [3.05, 3.63) is 65.1 Å². The van der Waals surface area contributed by atoms with Crippen LogP contribution in [0.4, 0.5) is 0 Å². The zero-order chi connectivity index (χ0) is 18.5. The molecule has 27 heavy (non-hydrogen) atoms. The van der Waals surface area contributed by atoms with Crippen molar-refractivity contribution in [2.24, 2.45) is 0 Å². The molecule has 3 aromatic rings. The predicted molar refractivity (Wildman–Crippen MR) is 106 cm³/mol. The highest BCUT2D eigenvalue weighted by Gasteiger charge is 2.33. The van der Waals surface area contributed by atoms with Crippen LogP contribution < -0.4 is 4.74 Å². The molecule has 0 radical (unpaired) electrons. The predicted octanol–water partition coefficient (Wildman–Crippen LogP) is 4.34. The summed E-state index contributed by atoms with van der Waals surface area (Å²) in [6, 6.07) is 15.4. The van der Waals surface area contributed by atoms with E-state index in [1.807, 2.05) is 53.9 Å². The van der Waals surface area contributed by atoms with Crippen LogP contribution in [-0.4, -0.2) is 33.9 Å². The van der Waals surface area contributed by atoms with Crippen LogP contribution in [0, 0.1) is 0 Å². The molecule has 0 spiro atoms. The number of thiazole rings is 1. The van der Waals surface area contributed by atoms with E-state index in [-0.39, 0.29) is 6.04 Å². The van der Waals surface area contributed by atoms with Gasteiger partial charge >= 0.3 is 0 Å². The number of carbonyl (C=O) groups excluding carboxylic acids is 1. The Balaban J connectivity index is 1.57. The van der Waals surface area contributed by atoms with Gasteiger partial charge in [-0.05, 0) is 37.1 Å². The first-order valence-corrected chi connectivity index (χ1v) is 10.0. The summed E-state index contributed by atoms with van der Waals surface area (Å²) >= 11 is 1.62. The molecule has 0 aliphatic carbocycles. The van der Waals surface area contributed by atoms with Crippen LogP contribution in [0.3, 0.4) is 0 Å². The fraction of sp³-hybridized carbons (Fsp3) is 0.286. The summed E-state index contributed by atoms with van der Waals surface area (Å²) in [6.07, 6.45) is 5.20. The topological polar surface area (TPSA) is 55.3 Å². The van der Waals surface area contributed by atoms with E-state index in [0.717, 1.165) is 48.5 Å². The number of aromatic nitrogens is 2. The monoisotopic (exact) mass is 379 g/mol. The fourth-order valence-electron chi connectivity index (χ4n) is 3.41. The Kier molecular flexibility index (Phi) is 5.55. The van der Waals surface area contributed by atoms with E-state index in [1.165, 1.54) is 0 Å². The minimum atomic E-state index is -0.611. The normalized spacial score (nSPS) is 18.7. The van der Waals surface area contributed by atoms with Gasteiger partial charge in [0.1, 0.15) is 10.8 Å². The lowest BCUT2D eigenvalue weighted by Crippen LogP contribution is -2.45. The maximum absolute atomic E-state index is 11.8. The number of likely N-dealkylation sites (tertiary alicyclic amines) is 1. The van der Waals surface area contributed by atoms with Gasteiger partial charge in [-0.15, -0.1) is 11.3 Å². The average molecular weight is 379 g/mol. The van der Waals surface area contributed by atoms with Gasteiger partial charge in [0.05, 0.1) is 17.4 Å². The van der Waals surface area contributed by atoms with Gasteiger partial charge in [0, 0.05) is 18.1 Å². The minimum absolute atomic E-state index is 0.0834. The van der Waals surface area contributed by atoms with E-state index in [1.54, 1.807) is 17.5 Å². The Bertz CT molecular complexity index is 869. The Labute approximate surface area is 162 Å². The molecule has 3 heterocycles. The highest BCUT2D eigenvalue weighted by Crippen LogP contribution is 2.35. The van der Waals surface area contributed by atoms with Crippen molar-refractivity contribution in [1.82, 2.24) is 14.9 Å². The van der Waals surface area contributed by atoms with Gasteiger partial charge in [-0.2, -0.15) is 0 Å². The zero-order valence-corrected chi connectivity index (χ0v) is 15.7. The van der Waals surface area contributed by atoms with Crippen LogP contribution in [0.15, 0.2) is 60.1 Å². The van der Waals surface area contributed by atoms with Crippen molar-refractivity contribution in [3.8, 4) is 17.1 Å². The lowest BCUT2D eigenvalue weighted by atomic mass is 10.0. The van der Waals surface area contributed by atoms with Crippen LogP contribution in [0.5, 0.6) is 5.75 Å². The lowest BCUT2D eigenvalue weighted by molar-refractivity contribution is -0.125. The van der Waals surface area contributed by atoms with Gasteiger partial charge in [-0.25, -0.2) is 4.98 Å². The second-order valence-electron chi connectivity index (χ2n) is 6.49. The first-order valence-electron chi connectivity index (χ1n) is 9.15. The Morgan fingerprint density at radius 2 is 1.96 bits per heavy atom. The van der Waals surface area contributed by atoms with Crippen LogP contribution in [-0.2, 0) is 4.79 Å². The highest BCUT2D eigenvalue weighted by molar-refractivity contribution is 7.10. The van der Waals surface area contributed by atoms with Gasteiger partial charge in [0.2, 0.25) is 6.23 Å².